The van der Waals surface area contributed by atoms with Crippen molar-refractivity contribution in [2.24, 2.45) is 0 Å². The van der Waals surface area contributed by atoms with Crippen molar-refractivity contribution in [3.05, 3.63) is 42.0 Å². The minimum atomic E-state index is -0.383. The average Bonchev–Trinajstić information content (AvgIpc) is 2.56. The van der Waals surface area contributed by atoms with Crippen molar-refractivity contribution in [2.45, 2.75) is 6.61 Å². The van der Waals surface area contributed by atoms with Gasteiger partial charge >= 0.3 is 5.97 Å². The molecule has 5 nitrogen and oxygen atoms in total. The molecule has 2 aromatic carbocycles. The predicted octanol–water partition coefficient (Wildman–Crippen LogP) is 2.55. The fraction of sp³-hybridized carbons (Fsp3) is 0.353. The summed E-state index contributed by atoms with van der Waals surface area (Å²) in [6.45, 7) is 1.01. The first-order valence-electron chi connectivity index (χ1n) is 7.02. The lowest BCUT2D eigenvalue weighted by Crippen LogP contribution is -2.14. The summed E-state index contributed by atoms with van der Waals surface area (Å²) >= 11 is 0. The fourth-order valence-corrected chi connectivity index (χ4v) is 1.99. The normalized spacial score (nSPS) is 10.6. The van der Waals surface area contributed by atoms with E-state index in [1.807, 2.05) is 36.4 Å². The zero-order valence-electron chi connectivity index (χ0n) is 12.8. The van der Waals surface area contributed by atoms with Crippen LogP contribution in [0.3, 0.4) is 0 Å². The lowest BCUT2D eigenvalue weighted by atomic mass is 10.1. The summed E-state index contributed by atoms with van der Waals surface area (Å²) in [5.74, 6) is 0.436. The van der Waals surface area contributed by atoms with Gasteiger partial charge in [-0.05, 0) is 34.5 Å². The van der Waals surface area contributed by atoms with Crippen molar-refractivity contribution >= 4 is 16.7 Å². The van der Waals surface area contributed by atoms with Gasteiger partial charge in [-0.25, -0.2) is 4.79 Å². The molecule has 118 valence electrons. The molecule has 0 heterocycles. The van der Waals surface area contributed by atoms with Gasteiger partial charge in [0.25, 0.3) is 0 Å². The predicted molar refractivity (Wildman–Crippen MR) is 83.0 cm³/mol. The van der Waals surface area contributed by atoms with Gasteiger partial charge in [0.2, 0.25) is 0 Å². The van der Waals surface area contributed by atoms with Gasteiger partial charge in [-0.2, -0.15) is 0 Å². The number of carbonyl (C=O) groups excluding carboxylic acids is 1. The maximum Gasteiger partial charge on any atom is 0.332 e. The molecular weight excluding hydrogens is 284 g/mol. The summed E-state index contributed by atoms with van der Waals surface area (Å²) in [6, 6.07) is 11.8. The molecule has 5 heteroatoms. The van der Waals surface area contributed by atoms with Crippen LogP contribution in [0.1, 0.15) is 5.56 Å². The molecule has 0 bridgehead atoms. The molecule has 0 atom stereocenters. The first kappa shape index (κ1) is 16.3. The van der Waals surface area contributed by atoms with E-state index in [1.165, 1.54) is 0 Å². The smallest absolute Gasteiger partial charge is 0.332 e. The average molecular weight is 304 g/mol. The monoisotopic (exact) mass is 304 g/mol. The highest BCUT2D eigenvalue weighted by molar-refractivity contribution is 5.84. The Hall–Kier alpha value is -2.11. The third-order valence-corrected chi connectivity index (χ3v) is 3.16. The number of hydrogen-bond acceptors (Lipinski definition) is 5. The van der Waals surface area contributed by atoms with Gasteiger partial charge in [0, 0.05) is 7.11 Å². The third kappa shape index (κ3) is 4.72. The van der Waals surface area contributed by atoms with Crippen LogP contribution in [-0.2, 0) is 25.6 Å². The second-order valence-corrected chi connectivity index (χ2v) is 4.75. The van der Waals surface area contributed by atoms with Gasteiger partial charge in [0.1, 0.15) is 19.0 Å². The molecule has 2 aromatic rings. The molecule has 0 saturated carbocycles. The summed E-state index contributed by atoms with van der Waals surface area (Å²) in [5.41, 5.74) is 0.933. The molecule has 0 fully saturated rings. The van der Waals surface area contributed by atoms with Gasteiger partial charge in [-0.1, -0.05) is 18.2 Å². The molecule has 0 aromatic heterocycles. The first-order valence-corrected chi connectivity index (χ1v) is 7.02. The lowest BCUT2D eigenvalue weighted by molar-refractivity contribution is -0.150. The maximum atomic E-state index is 11.5. The van der Waals surface area contributed by atoms with E-state index >= 15 is 0 Å². The Balaban J connectivity index is 1.88. The van der Waals surface area contributed by atoms with Crippen LogP contribution in [0.5, 0.6) is 5.75 Å². The number of rotatable bonds is 8. The Labute approximate surface area is 129 Å². The standard InChI is InChI=1S/C17H20O5/c1-19-7-8-21-12-17(18)22-11-13-3-4-15-10-16(20-2)6-5-14(15)9-13/h3-6,9-10H,7-8,11-12H2,1-2H3. The Morgan fingerprint density at radius 3 is 2.55 bits per heavy atom. The molecule has 0 radical (unpaired) electrons. The minimum Gasteiger partial charge on any atom is -0.497 e. The molecular formula is C17H20O5. The Morgan fingerprint density at radius 2 is 1.77 bits per heavy atom. The van der Waals surface area contributed by atoms with Crippen molar-refractivity contribution in [3.8, 4) is 5.75 Å². The second-order valence-electron chi connectivity index (χ2n) is 4.75. The zero-order chi connectivity index (χ0) is 15.8. The number of methoxy groups -OCH3 is 2. The summed E-state index contributed by atoms with van der Waals surface area (Å²) < 4.78 is 20.3. The summed E-state index contributed by atoms with van der Waals surface area (Å²) in [6.07, 6.45) is 0. The molecule has 0 saturated heterocycles. The van der Waals surface area contributed by atoms with Crippen molar-refractivity contribution < 1.29 is 23.7 Å². The molecule has 22 heavy (non-hydrogen) atoms. The molecule has 0 N–H and O–H groups in total. The maximum absolute atomic E-state index is 11.5. The van der Waals surface area contributed by atoms with E-state index in [0.29, 0.717) is 13.2 Å². The van der Waals surface area contributed by atoms with Gasteiger partial charge in [-0.15, -0.1) is 0 Å². The van der Waals surface area contributed by atoms with Crippen LogP contribution in [0.4, 0.5) is 0 Å². The number of hydrogen-bond donors (Lipinski definition) is 0. The molecule has 0 aliphatic carbocycles. The molecule has 0 aliphatic rings. The largest absolute Gasteiger partial charge is 0.497 e. The molecule has 2 rings (SSSR count). The van der Waals surface area contributed by atoms with Crippen LogP contribution in [0.2, 0.25) is 0 Å². The third-order valence-electron chi connectivity index (χ3n) is 3.16. The fourth-order valence-electron chi connectivity index (χ4n) is 1.99. The van der Waals surface area contributed by atoms with E-state index in [2.05, 4.69) is 0 Å². The topological polar surface area (TPSA) is 54.0 Å². The van der Waals surface area contributed by atoms with Gasteiger partial charge in [-0.3, -0.25) is 0 Å². The Morgan fingerprint density at radius 1 is 1.00 bits per heavy atom. The number of carbonyl (C=O) groups is 1. The van der Waals surface area contributed by atoms with E-state index in [4.69, 9.17) is 18.9 Å². The van der Waals surface area contributed by atoms with E-state index in [0.717, 1.165) is 22.1 Å². The van der Waals surface area contributed by atoms with E-state index in [9.17, 15) is 4.79 Å². The highest BCUT2D eigenvalue weighted by Crippen LogP contribution is 2.22. The highest BCUT2D eigenvalue weighted by Gasteiger charge is 2.05. The van der Waals surface area contributed by atoms with Crippen LogP contribution < -0.4 is 4.74 Å². The van der Waals surface area contributed by atoms with Crippen LogP contribution >= 0.6 is 0 Å². The van der Waals surface area contributed by atoms with E-state index < -0.39 is 0 Å². The van der Waals surface area contributed by atoms with Crippen LogP contribution in [0.25, 0.3) is 10.8 Å². The number of benzene rings is 2. The van der Waals surface area contributed by atoms with Crippen molar-refractivity contribution in [2.75, 3.05) is 34.0 Å². The lowest BCUT2D eigenvalue weighted by Gasteiger charge is -2.07. The van der Waals surface area contributed by atoms with E-state index in [-0.39, 0.29) is 19.2 Å². The van der Waals surface area contributed by atoms with Crippen LogP contribution in [0, 0.1) is 0 Å². The summed E-state index contributed by atoms with van der Waals surface area (Å²) in [5, 5.41) is 2.16. The number of esters is 1. The minimum absolute atomic E-state index is 0.0614. The molecule has 0 aliphatic heterocycles. The van der Waals surface area contributed by atoms with Crippen LogP contribution in [0.15, 0.2) is 36.4 Å². The van der Waals surface area contributed by atoms with Crippen molar-refractivity contribution in [1.29, 1.82) is 0 Å². The van der Waals surface area contributed by atoms with Gasteiger partial charge in [0.15, 0.2) is 0 Å². The van der Waals surface area contributed by atoms with Crippen molar-refractivity contribution in [1.82, 2.24) is 0 Å². The van der Waals surface area contributed by atoms with Crippen LogP contribution in [-0.4, -0.2) is 40.0 Å². The SMILES string of the molecule is COCCOCC(=O)OCc1ccc2cc(OC)ccc2c1. The Kier molecular flexibility index (Phi) is 6.18. The van der Waals surface area contributed by atoms with Gasteiger partial charge < -0.3 is 18.9 Å². The number of ether oxygens (including phenoxy) is 4. The van der Waals surface area contributed by atoms with Gasteiger partial charge in [0.05, 0.1) is 20.3 Å². The van der Waals surface area contributed by atoms with E-state index in [1.54, 1.807) is 14.2 Å². The second kappa shape index (κ2) is 8.36. The Bertz CT molecular complexity index is 623. The summed E-state index contributed by atoms with van der Waals surface area (Å²) in [7, 11) is 3.22. The highest BCUT2D eigenvalue weighted by atomic mass is 16.6. The molecule has 0 unspecified atom stereocenters. The quantitative estimate of drug-likeness (QED) is 0.554. The molecule has 0 amide bonds. The molecule has 0 spiro atoms. The summed E-state index contributed by atoms with van der Waals surface area (Å²) in [4.78, 5) is 11.5. The number of fused-ring (bicyclic) bond motifs is 1. The first-order chi connectivity index (χ1) is 10.7. The van der Waals surface area contributed by atoms with Crippen molar-refractivity contribution in [3.63, 3.8) is 0 Å². The zero-order valence-corrected chi connectivity index (χ0v) is 12.8.